The van der Waals surface area contributed by atoms with Gasteiger partial charge in [-0.1, -0.05) is 12.1 Å². The lowest BCUT2D eigenvalue weighted by Gasteiger charge is -2.16. The Hall–Kier alpha value is -3.16. The van der Waals surface area contributed by atoms with Gasteiger partial charge in [0.25, 0.3) is 5.56 Å². The minimum Gasteiger partial charge on any atom is -0.497 e. The van der Waals surface area contributed by atoms with Crippen molar-refractivity contribution in [3.63, 3.8) is 0 Å². The fourth-order valence-electron chi connectivity index (χ4n) is 3.13. The molecule has 0 aliphatic heterocycles. The van der Waals surface area contributed by atoms with Crippen LogP contribution in [0.2, 0.25) is 0 Å². The van der Waals surface area contributed by atoms with E-state index in [-0.39, 0.29) is 17.0 Å². The molecule has 3 aromatic rings. The van der Waals surface area contributed by atoms with Crippen molar-refractivity contribution in [2.75, 3.05) is 19.1 Å². The largest absolute Gasteiger partial charge is 0.497 e. The van der Waals surface area contributed by atoms with Crippen LogP contribution in [0.5, 0.6) is 5.75 Å². The normalized spacial score (nSPS) is 13.7. The second kappa shape index (κ2) is 6.86. The van der Waals surface area contributed by atoms with E-state index in [1.54, 1.807) is 30.0 Å². The predicted molar refractivity (Wildman–Crippen MR) is 102 cm³/mol. The molecule has 1 aliphatic carbocycles. The molecule has 2 aromatic heterocycles. The molecule has 27 heavy (non-hydrogen) atoms. The Kier molecular flexibility index (Phi) is 4.39. The molecule has 1 N–H and O–H groups in total. The topological polar surface area (TPSA) is 93.1 Å². The van der Waals surface area contributed by atoms with E-state index in [2.05, 4.69) is 15.0 Å². The quantitative estimate of drug-likeness (QED) is 0.710. The van der Waals surface area contributed by atoms with Gasteiger partial charge in [-0.2, -0.15) is 4.98 Å². The van der Waals surface area contributed by atoms with Crippen molar-refractivity contribution >= 4 is 17.0 Å². The maximum absolute atomic E-state index is 12.8. The smallest absolute Gasteiger partial charge is 0.301 e. The number of hydrogen-bond acceptors (Lipinski definition) is 6. The first-order valence-corrected chi connectivity index (χ1v) is 8.88. The summed E-state index contributed by atoms with van der Waals surface area (Å²) in [4.78, 5) is 38.0. The van der Waals surface area contributed by atoms with Crippen LogP contribution in [-0.4, -0.2) is 33.7 Å². The Bertz CT molecular complexity index is 1100. The Balaban J connectivity index is 1.71. The third kappa shape index (κ3) is 3.55. The van der Waals surface area contributed by atoms with Crippen LogP contribution in [0.25, 0.3) is 11.0 Å². The van der Waals surface area contributed by atoms with Crippen molar-refractivity contribution in [3.8, 4) is 5.75 Å². The summed E-state index contributed by atoms with van der Waals surface area (Å²) in [6.45, 7) is 1.17. The van der Waals surface area contributed by atoms with E-state index in [0.29, 0.717) is 24.5 Å². The number of H-pyrrole nitrogens is 1. The Morgan fingerprint density at radius 2 is 2.15 bits per heavy atom. The number of aromatic amines is 1. The van der Waals surface area contributed by atoms with Gasteiger partial charge in [-0.15, -0.1) is 0 Å². The maximum atomic E-state index is 12.8. The molecule has 0 spiro atoms. The molecule has 0 unspecified atom stereocenters. The van der Waals surface area contributed by atoms with Crippen molar-refractivity contribution < 1.29 is 4.74 Å². The minimum absolute atomic E-state index is 0.109. The number of nitrogens with one attached hydrogen (secondary N) is 1. The molecule has 0 radical (unpaired) electrons. The number of ether oxygens (including phenoxy) is 1. The summed E-state index contributed by atoms with van der Waals surface area (Å²) in [7, 11) is 3.38. The van der Waals surface area contributed by atoms with Crippen molar-refractivity contribution in [3.05, 3.63) is 56.9 Å². The number of aromatic nitrogens is 4. The van der Waals surface area contributed by atoms with E-state index in [9.17, 15) is 9.59 Å². The number of imidazole rings is 1. The van der Waals surface area contributed by atoms with Gasteiger partial charge in [0.05, 0.1) is 13.4 Å². The van der Waals surface area contributed by atoms with Crippen molar-refractivity contribution in [1.82, 2.24) is 19.5 Å². The van der Waals surface area contributed by atoms with E-state index in [1.165, 1.54) is 0 Å². The molecule has 1 saturated carbocycles. The van der Waals surface area contributed by atoms with Gasteiger partial charge in [-0.3, -0.25) is 14.6 Å². The standard InChI is InChI=1S/C19H21N5O3/c1-23(9-13-4-3-5-14(8-13)27-2)19-21-17(25)15-16(18(26)22-19)24(11-20-15)10-12-6-7-12/h3-5,8,11-12H,6-7,9-10H2,1-2H3,(H,21,22,25,26). The molecule has 2 heterocycles. The lowest BCUT2D eigenvalue weighted by Crippen LogP contribution is -2.22. The van der Waals surface area contributed by atoms with E-state index < -0.39 is 5.56 Å². The van der Waals surface area contributed by atoms with E-state index in [1.807, 2.05) is 24.3 Å². The highest BCUT2D eigenvalue weighted by molar-refractivity contribution is 5.72. The second-order valence-corrected chi connectivity index (χ2v) is 6.94. The summed E-state index contributed by atoms with van der Waals surface area (Å²) in [5.41, 5.74) is 0.508. The number of anilines is 1. The number of nitrogens with zero attached hydrogens (tertiary/aromatic N) is 4. The van der Waals surface area contributed by atoms with Crippen LogP contribution < -0.4 is 20.8 Å². The van der Waals surface area contributed by atoms with Crippen molar-refractivity contribution in [2.24, 2.45) is 5.92 Å². The van der Waals surface area contributed by atoms with Crippen molar-refractivity contribution in [2.45, 2.75) is 25.9 Å². The van der Waals surface area contributed by atoms with Gasteiger partial charge in [0, 0.05) is 20.1 Å². The Morgan fingerprint density at radius 3 is 2.89 bits per heavy atom. The SMILES string of the molecule is COc1cccc(CN(C)c2nc(=O)c3ncn(CC4CC4)c3c(=O)[nH]2)c1. The van der Waals surface area contributed by atoms with Crippen LogP contribution in [0, 0.1) is 5.92 Å². The van der Waals surface area contributed by atoms with Gasteiger partial charge in [-0.25, -0.2) is 4.98 Å². The number of fused-ring (bicyclic) bond motifs is 1. The highest BCUT2D eigenvalue weighted by Gasteiger charge is 2.23. The van der Waals surface area contributed by atoms with E-state index >= 15 is 0 Å². The molecule has 0 bridgehead atoms. The van der Waals surface area contributed by atoms with Gasteiger partial charge in [0.15, 0.2) is 5.52 Å². The van der Waals surface area contributed by atoms with Gasteiger partial charge in [0.1, 0.15) is 11.3 Å². The zero-order chi connectivity index (χ0) is 19.0. The summed E-state index contributed by atoms with van der Waals surface area (Å²) < 4.78 is 7.00. The molecule has 0 amide bonds. The molecule has 1 aliphatic rings. The highest BCUT2D eigenvalue weighted by Crippen LogP contribution is 2.31. The van der Waals surface area contributed by atoms with Crippen LogP contribution in [-0.2, 0) is 13.1 Å². The first-order valence-electron chi connectivity index (χ1n) is 8.88. The molecule has 140 valence electrons. The average molecular weight is 367 g/mol. The monoisotopic (exact) mass is 367 g/mol. The minimum atomic E-state index is -0.509. The summed E-state index contributed by atoms with van der Waals surface area (Å²) in [5.74, 6) is 1.52. The molecule has 8 heteroatoms. The number of hydrogen-bond donors (Lipinski definition) is 1. The van der Waals surface area contributed by atoms with Crippen molar-refractivity contribution in [1.29, 1.82) is 0 Å². The molecule has 1 fully saturated rings. The molecule has 0 atom stereocenters. The fourth-order valence-corrected chi connectivity index (χ4v) is 3.13. The van der Waals surface area contributed by atoms with Gasteiger partial charge < -0.3 is 14.2 Å². The lowest BCUT2D eigenvalue weighted by atomic mass is 10.2. The third-order valence-electron chi connectivity index (χ3n) is 4.76. The highest BCUT2D eigenvalue weighted by atomic mass is 16.5. The number of methoxy groups -OCH3 is 1. The Labute approximate surface area is 155 Å². The second-order valence-electron chi connectivity index (χ2n) is 6.94. The number of rotatable bonds is 6. The summed E-state index contributed by atoms with van der Waals surface area (Å²) in [6, 6.07) is 7.59. The summed E-state index contributed by atoms with van der Waals surface area (Å²) in [6.07, 6.45) is 3.85. The molecular formula is C19H21N5O3. The summed E-state index contributed by atoms with van der Waals surface area (Å²) in [5, 5.41) is 0. The fraction of sp³-hybridized carbons (Fsp3) is 0.368. The van der Waals surface area contributed by atoms with Gasteiger partial charge in [0.2, 0.25) is 5.95 Å². The maximum Gasteiger partial charge on any atom is 0.301 e. The molecular weight excluding hydrogens is 346 g/mol. The Morgan fingerprint density at radius 1 is 1.33 bits per heavy atom. The van der Waals surface area contributed by atoms with E-state index in [0.717, 1.165) is 24.2 Å². The molecule has 4 rings (SSSR count). The summed E-state index contributed by atoms with van der Waals surface area (Å²) >= 11 is 0. The van der Waals surface area contributed by atoms with Crippen LogP contribution >= 0.6 is 0 Å². The first kappa shape index (κ1) is 17.3. The lowest BCUT2D eigenvalue weighted by molar-refractivity contribution is 0.414. The van der Waals surface area contributed by atoms with Gasteiger partial charge >= 0.3 is 5.56 Å². The van der Waals surface area contributed by atoms with Crippen LogP contribution in [0.1, 0.15) is 18.4 Å². The average Bonchev–Trinajstić information content (AvgIpc) is 3.39. The van der Waals surface area contributed by atoms with Crippen LogP contribution in [0.3, 0.4) is 0 Å². The number of benzene rings is 1. The zero-order valence-electron chi connectivity index (χ0n) is 15.3. The third-order valence-corrected chi connectivity index (χ3v) is 4.76. The van der Waals surface area contributed by atoms with Crippen LogP contribution in [0.4, 0.5) is 5.95 Å². The first-order chi connectivity index (χ1) is 13.0. The molecule has 1 aromatic carbocycles. The van der Waals surface area contributed by atoms with E-state index in [4.69, 9.17) is 4.74 Å². The molecule has 8 nitrogen and oxygen atoms in total. The molecule has 0 saturated heterocycles. The van der Waals surface area contributed by atoms with Gasteiger partial charge in [-0.05, 0) is 36.5 Å². The predicted octanol–water partition coefficient (Wildman–Crippen LogP) is 1.53. The zero-order valence-corrected chi connectivity index (χ0v) is 15.3. The van der Waals surface area contributed by atoms with Crippen LogP contribution in [0.15, 0.2) is 40.2 Å².